The van der Waals surface area contributed by atoms with Crippen LogP contribution in [0.3, 0.4) is 0 Å². The number of aryl methyl sites for hydroxylation is 4. The summed E-state index contributed by atoms with van der Waals surface area (Å²) in [5.74, 6) is 1.21. The number of hydrogen-bond acceptors (Lipinski definition) is 3. The Balaban J connectivity index is 2.16. The summed E-state index contributed by atoms with van der Waals surface area (Å²) in [4.78, 5) is 2.25. The predicted octanol–water partition coefficient (Wildman–Crippen LogP) is 3.14. The van der Waals surface area contributed by atoms with Gasteiger partial charge in [-0.15, -0.1) is 0 Å². The highest BCUT2D eigenvalue weighted by Crippen LogP contribution is 2.39. The van der Waals surface area contributed by atoms with Crippen LogP contribution in [-0.2, 0) is 13.5 Å². The molecule has 0 saturated carbocycles. The van der Waals surface area contributed by atoms with Crippen molar-refractivity contribution < 1.29 is 5.11 Å². The van der Waals surface area contributed by atoms with Crippen LogP contribution in [0.1, 0.15) is 28.7 Å². The van der Waals surface area contributed by atoms with Crippen molar-refractivity contribution in [2.75, 3.05) is 11.4 Å². The molecule has 2 aromatic rings. The number of anilines is 2. The van der Waals surface area contributed by atoms with Crippen molar-refractivity contribution in [2.45, 2.75) is 33.6 Å². The summed E-state index contributed by atoms with van der Waals surface area (Å²) < 4.78 is 1.57. The van der Waals surface area contributed by atoms with Crippen LogP contribution in [-0.4, -0.2) is 21.4 Å². The number of nitrogens with zero attached hydrogens (tertiary/aromatic N) is 3. The van der Waals surface area contributed by atoms with E-state index in [4.69, 9.17) is 0 Å². The van der Waals surface area contributed by atoms with Crippen LogP contribution in [0.15, 0.2) is 12.1 Å². The fraction of sp³-hybridized carbons (Fsp3) is 0.438. The summed E-state index contributed by atoms with van der Waals surface area (Å²) in [5, 5.41) is 14.6. The lowest BCUT2D eigenvalue weighted by atomic mass is 10.0. The maximum Gasteiger partial charge on any atom is 0.214 e. The second-order valence-corrected chi connectivity index (χ2v) is 5.75. The first-order valence-corrected chi connectivity index (χ1v) is 7.09. The lowest BCUT2D eigenvalue weighted by Gasteiger charge is -2.30. The molecule has 1 aromatic heterocycles. The minimum absolute atomic E-state index is 0.298. The van der Waals surface area contributed by atoms with Crippen molar-refractivity contribution in [1.29, 1.82) is 0 Å². The number of aromatic hydroxyl groups is 1. The second kappa shape index (κ2) is 4.54. The van der Waals surface area contributed by atoms with E-state index in [0.717, 1.165) is 30.8 Å². The fourth-order valence-electron chi connectivity index (χ4n) is 3.32. The van der Waals surface area contributed by atoms with Crippen molar-refractivity contribution >= 4 is 11.5 Å². The molecule has 0 unspecified atom stereocenters. The average Bonchev–Trinajstić information content (AvgIpc) is 2.66. The van der Waals surface area contributed by atoms with Crippen LogP contribution in [0, 0.1) is 20.8 Å². The molecule has 4 heteroatoms. The SMILES string of the molecule is Cc1cc(C)c(N2CCCc3c2nn(C)c3O)c(C)c1. The summed E-state index contributed by atoms with van der Waals surface area (Å²) in [6.07, 6.45) is 1.94. The van der Waals surface area contributed by atoms with Gasteiger partial charge in [-0.1, -0.05) is 17.7 Å². The zero-order valence-corrected chi connectivity index (χ0v) is 12.6. The fourth-order valence-corrected chi connectivity index (χ4v) is 3.32. The normalized spacial score (nSPS) is 14.5. The zero-order valence-electron chi connectivity index (χ0n) is 12.6. The van der Waals surface area contributed by atoms with E-state index >= 15 is 0 Å². The monoisotopic (exact) mass is 271 g/mol. The Labute approximate surface area is 119 Å². The molecular weight excluding hydrogens is 250 g/mol. The van der Waals surface area contributed by atoms with E-state index < -0.39 is 0 Å². The lowest BCUT2D eigenvalue weighted by Crippen LogP contribution is -2.26. The molecule has 0 spiro atoms. The topological polar surface area (TPSA) is 41.3 Å². The van der Waals surface area contributed by atoms with Crippen LogP contribution < -0.4 is 4.90 Å². The van der Waals surface area contributed by atoms with Gasteiger partial charge in [-0.05, 0) is 44.7 Å². The predicted molar refractivity (Wildman–Crippen MR) is 80.9 cm³/mol. The Morgan fingerprint density at radius 3 is 2.45 bits per heavy atom. The first-order valence-electron chi connectivity index (χ1n) is 7.09. The van der Waals surface area contributed by atoms with Gasteiger partial charge in [0.2, 0.25) is 5.88 Å². The molecule has 0 aliphatic carbocycles. The highest BCUT2D eigenvalue weighted by atomic mass is 16.3. The van der Waals surface area contributed by atoms with Crippen LogP contribution in [0.2, 0.25) is 0 Å². The Kier molecular flexibility index (Phi) is 2.96. The molecule has 0 bridgehead atoms. The van der Waals surface area contributed by atoms with Crippen LogP contribution >= 0.6 is 0 Å². The van der Waals surface area contributed by atoms with Crippen molar-refractivity contribution in [1.82, 2.24) is 9.78 Å². The molecule has 1 aromatic carbocycles. The van der Waals surface area contributed by atoms with E-state index in [2.05, 4.69) is 42.9 Å². The van der Waals surface area contributed by atoms with Gasteiger partial charge in [-0.2, -0.15) is 5.10 Å². The van der Waals surface area contributed by atoms with Crippen molar-refractivity contribution in [3.63, 3.8) is 0 Å². The molecule has 3 rings (SSSR count). The van der Waals surface area contributed by atoms with Gasteiger partial charge in [0.1, 0.15) is 0 Å². The van der Waals surface area contributed by atoms with Crippen LogP contribution in [0.25, 0.3) is 0 Å². The minimum Gasteiger partial charge on any atom is -0.493 e. The first kappa shape index (κ1) is 13.0. The number of rotatable bonds is 1. The summed E-state index contributed by atoms with van der Waals surface area (Å²) in [6.45, 7) is 7.37. The molecule has 1 aliphatic rings. The van der Waals surface area contributed by atoms with Gasteiger partial charge in [0.25, 0.3) is 0 Å². The van der Waals surface area contributed by atoms with Crippen molar-refractivity contribution in [2.24, 2.45) is 7.05 Å². The molecule has 0 saturated heterocycles. The van der Waals surface area contributed by atoms with Gasteiger partial charge in [-0.25, -0.2) is 4.68 Å². The molecule has 1 aliphatic heterocycles. The van der Waals surface area contributed by atoms with Gasteiger partial charge in [0.15, 0.2) is 5.82 Å². The number of fused-ring (bicyclic) bond motifs is 1. The molecule has 20 heavy (non-hydrogen) atoms. The molecular formula is C16H21N3O. The van der Waals surface area contributed by atoms with Crippen LogP contribution in [0.4, 0.5) is 11.5 Å². The Hall–Kier alpha value is -1.97. The van der Waals surface area contributed by atoms with E-state index in [1.165, 1.54) is 22.4 Å². The first-order chi connectivity index (χ1) is 9.49. The average molecular weight is 271 g/mol. The molecule has 4 nitrogen and oxygen atoms in total. The van der Waals surface area contributed by atoms with Crippen molar-refractivity contribution in [3.05, 3.63) is 34.4 Å². The van der Waals surface area contributed by atoms with Gasteiger partial charge in [0, 0.05) is 19.3 Å². The molecule has 106 valence electrons. The van der Waals surface area contributed by atoms with Gasteiger partial charge in [-0.3, -0.25) is 0 Å². The third-order valence-electron chi connectivity index (χ3n) is 4.06. The third-order valence-corrected chi connectivity index (χ3v) is 4.06. The van der Waals surface area contributed by atoms with Gasteiger partial charge in [0.05, 0.1) is 5.56 Å². The van der Waals surface area contributed by atoms with E-state index in [-0.39, 0.29) is 0 Å². The maximum absolute atomic E-state index is 10.1. The van der Waals surface area contributed by atoms with E-state index in [1.54, 1.807) is 11.7 Å². The zero-order chi connectivity index (χ0) is 14.4. The Bertz CT molecular complexity index is 650. The summed E-state index contributed by atoms with van der Waals surface area (Å²) >= 11 is 0. The highest BCUT2D eigenvalue weighted by Gasteiger charge is 2.27. The van der Waals surface area contributed by atoms with E-state index in [0.29, 0.717) is 5.88 Å². The number of aromatic nitrogens is 2. The third kappa shape index (κ3) is 1.87. The Morgan fingerprint density at radius 1 is 1.15 bits per heavy atom. The molecule has 0 amide bonds. The molecule has 0 radical (unpaired) electrons. The molecule has 0 fully saturated rings. The van der Waals surface area contributed by atoms with E-state index in [1.807, 2.05) is 0 Å². The number of benzene rings is 1. The quantitative estimate of drug-likeness (QED) is 0.866. The smallest absolute Gasteiger partial charge is 0.214 e. The lowest BCUT2D eigenvalue weighted by molar-refractivity contribution is 0.413. The van der Waals surface area contributed by atoms with E-state index in [9.17, 15) is 5.11 Å². The number of hydrogen-bond donors (Lipinski definition) is 1. The second-order valence-electron chi connectivity index (χ2n) is 5.75. The molecule has 2 heterocycles. The minimum atomic E-state index is 0.298. The Morgan fingerprint density at radius 2 is 1.80 bits per heavy atom. The van der Waals surface area contributed by atoms with Crippen LogP contribution in [0.5, 0.6) is 5.88 Å². The van der Waals surface area contributed by atoms with Crippen molar-refractivity contribution in [3.8, 4) is 5.88 Å². The molecule has 0 atom stereocenters. The maximum atomic E-state index is 10.1. The standard InChI is InChI=1S/C16H21N3O/c1-10-8-11(2)14(12(3)9-10)19-7-5-6-13-15(19)17-18(4)16(13)20/h8-9,20H,5-7H2,1-4H3. The molecule has 1 N–H and O–H groups in total. The summed E-state index contributed by atoms with van der Waals surface area (Å²) in [5.41, 5.74) is 6.01. The summed E-state index contributed by atoms with van der Waals surface area (Å²) in [6, 6.07) is 4.42. The highest BCUT2D eigenvalue weighted by molar-refractivity contribution is 5.71. The largest absolute Gasteiger partial charge is 0.493 e. The van der Waals surface area contributed by atoms with Gasteiger partial charge < -0.3 is 10.0 Å². The van der Waals surface area contributed by atoms with Gasteiger partial charge >= 0.3 is 0 Å². The summed E-state index contributed by atoms with van der Waals surface area (Å²) in [7, 11) is 1.79.